The van der Waals surface area contributed by atoms with Crippen molar-refractivity contribution in [3.8, 4) is 0 Å². The first-order valence-corrected chi connectivity index (χ1v) is 6.31. The second-order valence-electron chi connectivity index (χ2n) is 5.10. The van der Waals surface area contributed by atoms with Crippen molar-refractivity contribution < 1.29 is 14.7 Å². The topological polar surface area (TPSA) is 66.4 Å². The smallest absolute Gasteiger partial charge is 0.308 e. The summed E-state index contributed by atoms with van der Waals surface area (Å²) >= 11 is 0. The van der Waals surface area contributed by atoms with E-state index in [4.69, 9.17) is 5.11 Å². The molecule has 0 aliphatic carbocycles. The first-order chi connectivity index (χ1) is 7.79. The zero-order valence-electron chi connectivity index (χ0n) is 11.5. The van der Waals surface area contributed by atoms with Crippen molar-refractivity contribution in [1.82, 2.24) is 5.32 Å². The Kier molecular flexibility index (Phi) is 6.85. The predicted octanol–water partition coefficient (Wildman–Crippen LogP) is 2.28. The van der Waals surface area contributed by atoms with Crippen LogP contribution in [-0.2, 0) is 9.59 Å². The normalized spacial score (nSPS) is 16.4. The monoisotopic (exact) mass is 243 g/mol. The van der Waals surface area contributed by atoms with E-state index in [1.54, 1.807) is 13.8 Å². The zero-order chi connectivity index (χ0) is 13.6. The molecule has 0 aromatic carbocycles. The molecule has 0 saturated heterocycles. The Morgan fingerprint density at radius 3 is 2.06 bits per heavy atom. The summed E-state index contributed by atoms with van der Waals surface area (Å²) in [6.45, 7) is 9.61. The molecule has 3 atom stereocenters. The first-order valence-electron chi connectivity index (χ1n) is 6.31. The molecule has 4 heteroatoms. The highest BCUT2D eigenvalue weighted by Crippen LogP contribution is 2.18. The zero-order valence-corrected chi connectivity index (χ0v) is 11.5. The molecule has 100 valence electrons. The van der Waals surface area contributed by atoms with E-state index in [1.807, 2.05) is 0 Å². The van der Waals surface area contributed by atoms with Crippen LogP contribution in [0.1, 0.15) is 47.5 Å². The van der Waals surface area contributed by atoms with Crippen molar-refractivity contribution in [3.63, 3.8) is 0 Å². The van der Waals surface area contributed by atoms with E-state index in [9.17, 15) is 9.59 Å². The van der Waals surface area contributed by atoms with E-state index >= 15 is 0 Å². The summed E-state index contributed by atoms with van der Waals surface area (Å²) in [5.74, 6) is -0.654. The van der Waals surface area contributed by atoms with Gasteiger partial charge in [0.25, 0.3) is 0 Å². The third-order valence-electron chi connectivity index (χ3n) is 3.44. The summed E-state index contributed by atoms with van der Waals surface area (Å²) in [5, 5.41) is 11.6. The summed E-state index contributed by atoms with van der Waals surface area (Å²) in [7, 11) is 0. The average molecular weight is 243 g/mol. The first kappa shape index (κ1) is 15.9. The maximum absolute atomic E-state index is 11.8. The highest BCUT2D eigenvalue weighted by molar-refractivity contribution is 5.78. The molecule has 0 aliphatic heterocycles. The molecule has 0 aromatic rings. The van der Waals surface area contributed by atoms with Gasteiger partial charge >= 0.3 is 5.97 Å². The molecule has 0 fully saturated rings. The van der Waals surface area contributed by atoms with Crippen LogP contribution in [0.3, 0.4) is 0 Å². The summed E-state index contributed by atoms with van der Waals surface area (Å²) in [6.07, 6.45) is 1.44. The number of aliphatic carboxylic acids is 1. The van der Waals surface area contributed by atoms with Crippen LogP contribution in [0, 0.1) is 17.8 Å². The van der Waals surface area contributed by atoms with Gasteiger partial charge < -0.3 is 10.4 Å². The fraction of sp³-hybridized carbons (Fsp3) is 0.846. The number of nitrogens with one attached hydrogen (secondary N) is 1. The van der Waals surface area contributed by atoms with Crippen LogP contribution < -0.4 is 5.32 Å². The summed E-state index contributed by atoms with van der Waals surface area (Å²) in [6, 6.07) is -0.329. The molecule has 2 N–H and O–H groups in total. The minimum absolute atomic E-state index is 0.0499. The van der Waals surface area contributed by atoms with Gasteiger partial charge in [-0.15, -0.1) is 0 Å². The minimum atomic E-state index is -0.881. The number of carbonyl (C=O) groups is 2. The number of hydrogen-bond acceptors (Lipinski definition) is 2. The van der Waals surface area contributed by atoms with Crippen molar-refractivity contribution in [1.29, 1.82) is 0 Å². The molecule has 0 heterocycles. The Balaban J connectivity index is 4.22. The van der Waals surface area contributed by atoms with E-state index in [1.165, 1.54) is 0 Å². The van der Waals surface area contributed by atoms with Crippen LogP contribution in [0.25, 0.3) is 0 Å². The van der Waals surface area contributed by atoms with Crippen LogP contribution in [0.15, 0.2) is 0 Å². The Hall–Kier alpha value is -1.06. The number of rotatable bonds is 7. The molecule has 4 nitrogen and oxygen atoms in total. The van der Waals surface area contributed by atoms with Crippen molar-refractivity contribution in [2.45, 2.75) is 53.5 Å². The Labute approximate surface area is 104 Å². The molecule has 0 rings (SSSR count). The van der Waals surface area contributed by atoms with Crippen molar-refractivity contribution in [2.75, 3.05) is 0 Å². The van der Waals surface area contributed by atoms with Gasteiger partial charge in [-0.2, -0.15) is 0 Å². The summed E-state index contributed by atoms with van der Waals surface area (Å²) in [5.41, 5.74) is 0. The average Bonchev–Trinajstić information content (AvgIpc) is 2.23. The predicted molar refractivity (Wildman–Crippen MR) is 67.6 cm³/mol. The molecule has 0 aliphatic rings. The van der Waals surface area contributed by atoms with Gasteiger partial charge in [0.1, 0.15) is 0 Å². The Morgan fingerprint density at radius 1 is 1.18 bits per heavy atom. The van der Waals surface area contributed by atoms with Crippen molar-refractivity contribution in [3.05, 3.63) is 0 Å². The standard InChI is InChI=1S/C13H25NO3/c1-6-11(8(2)3)7-12(15)14-10(5)9(4)13(16)17/h8-11H,6-7H2,1-5H3,(H,14,15)(H,16,17). The second-order valence-corrected chi connectivity index (χ2v) is 5.10. The van der Waals surface area contributed by atoms with Crippen LogP contribution >= 0.6 is 0 Å². The fourth-order valence-corrected chi connectivity index (χ4v) is 1.74. The van der Waals surface area contributed by atoms with Gasteiger partial charge in [0, 0.05) is 12.5 Å². The largest absolute Gasteiger partial charge is 0.481 e. The third-order valence-corrected chi connectivity index (χ3v) is 3.44. The van der Waals surface area contributed by atoms with Crippen LogP contribution in [-0.4, -0.2) is 23.0 Å². The van der Waals surface area contributed by atoms with Gasteiger partial charge in [-0.05, 0) is 25.7 Å². The molecule has 17 heavy (non-hydrogen) atoms. The number of hydrogen-bond donors (Lipinski definition) is 2. The maximum Gasteiger partial charge on any atom is 0.308 e. The molecular formula is C13H25NO3. The summed E-state index contributed by atoms with van der Waals surface area (Å²) < 4.78 is 0. The maximum atomic E-state index is 11.8. The lowest BCUT2D eigenvalue weighted by Crippen LogP contribution is -2.40. The lowest BCUT2D eigenvalue weighted by atomic mass is 9.89. The third kappa shape index (κ3) is 5.71. The number of carboxylic acids is 1. The quantitative estimate of drug-likeness (QED) is 0.721. The number of amides is 1. The van der Waals surface area contributed by atoms with Gasteiger partial charge in [-0.25, -0.2) is 0 Å². The molecular weight excluding hydrogens is 218 g/mol. The van der Waals surface area contributed by atoms with Gasteiger partial charge in [-0.1, -0.05) is 27.2 Å². The van der Waals surface area contributed by atoms with Gasteiger partial charge in [-0.3, -0.25) is 9.59 Å². The molecule has 1 amide bonds. The molecule has 0 aromatic heterocycles. The Morgan fingerprint density at radius 2 is 1.71 bits per heavy atom. The Bertz CT molecular complexity index is 263. The van der Waals surface area contributed by atoms with Crippen molar-refractivity contribution in [2.24, 2.45) is 17.8 Å². The van der Waals surface area contributed by atoms with E-state index in [-0.39, 0.29) is 11.9 Å². The molecule has 0 bridgehead atoms. The molecule has 0 saturated carbocycles. The van der Waals surface area contributed by atoms with Crippen LogP contribution in [0.5, 0.6) is 0 Å². The van der Waals surface area contributed by atoms with E-state index in [0.29, 0.717) is 18.3 Å². The van der Waals surface area contributed by atoms with Gasteiger partial charge in [0.05, 0.1) is 5.92 Å². The van der Waals surface area contributed by atoms with Crippen LogP contribution in [0.2, 0.25) is 0 Å². The highest BCUT2D eigenvalue weighted by Gasteiger charge is 2.22. The minimum Gasteiger partial charge on any atom is -0.481 e. The van der Waals surface area contributed by atoms with E-state index in [2.05, 4.69) is 26.1 Å². The number of carbonyl (C=O) groups excluding carboxylic acids is 1. The number of carboxylic acid groups (broad SMARTS) is 1. The van der Waals surface area contributed by atoms with E-state index in [0.717, 1.165) is 6.42 Å². The summed E-state index contributed by atoms with van der Waals surface area (Å²) in [4.78, 5) is 22.5. The molecule has 0 radical (unpaired) electrons. The fourth-order valence-electron chi connectivity index (χ4n) is 1.74. The van der Waals surface area contributed by atoms with Gasteiger partial charge in [0.2, 0.25) is 5.91 Å². The lowest BCUT2D eigenvalue weighted by Gasteiger charge is -2.22. The second kappa shape index (κ2) is 7.30. The van der Waals surface area contributed by atoms with E-state index < -0.39 is 11.9 Å². The lowest BCUT2D eigenvalue weighted by molar-refractivity contribution is -0.142. The molecule has 0 spiro atoms. The van der Waals surface area contributed by atoms with Crippen LogP contribution in [0.4, 0.5) is 0 Å². The molecule has 3 unspecified atom stereocenters. The van der Waals surface area contributed by atoms with Gasteiger partial charge in [0.15, 0.2) is 0 Å². The SMILES string of the molecule is CCC(CC(=O)NC(C)C(C)C(=O)O)C(C)C. The highest BCUT2D eigenvalue weighted by atomic mass is 16.4. The van der Waals surface area contributed by atoms with Crippen molar-refractivity contribution >= 4 is 11.9 Å².